The van der Waals surface area contributed by atoms with Crippen LogP contribution >= 0.6 is 0 Å². The highest BCUT2D eigenvalue weighted by atomic mass is 16.5. The van der Waals surface area contributed by atoms with E-state index in [1.54, 1.807) is 12.3 Å². The standard InChI is InChI=1S/C21H24N2O4/c1-11-16-9-23-6-5-13-15-7-12(24)3-4-18(15)22-20(13)19(23)8-14(16)17(10-27-11)21(25)26-2/h3-4,7,10-11,14,16,19,22,24H,5-6,8-9H2,1-2H3/t11-,14?,16+,19?/m0/s1. The van der Waals surface area contributed by atoms with Gasteiger partial charge in [-0.3, -0.25) is 4.90 Å². The number of aromatic amines is 1. The molecule has 3 aliphatic heterocycles. The van der Waals surface area contributed by atoms with Gasteiger partial charge in [0.2, 0.25) is 0 Å². The zero-order valence-electron chi connectivity index (χ0n) is 15.6. The SMILES string of the molecule is COC(=O)C1=CO[C@@H](C)[C@H]2CN3CCc4c([nH]c5ccc(O)cc45)C3CC12. The van der Waals surface area contributed by atoms with E-state index in [4.69, 9.17) is 9.47 Å². The van der Waals surface area contributed by atoms with Gasteiger partial charge in [-0.15, -0.1) is 0 Å². The van der Waals surface area contributed by atoms with Crippen LogP contribution in [0.5, 0.6) is 5.75 Å². The predicted octanol–water partition coefficient (Wildman–Crippen LogP) is 2.88. The zero-order chi connectivity index (χ0) is 18.7. The molecule has 5 rings (SSSR count). The summed E-state index contributed by atoms with van der Waals surface area (Å²) < 4.78 is 10.8. The summed E-state index contributed by atoms with van der Waals surface area (Å²) in [6.45, 7) is 3.97. The molecule has 0 spiro atoms. The molecule has 2 aromatic rings. The molecule has 0 radical (unpaired) electrons. The molecule has 1 aromatic carbocycles. The number of piperidine rings is 1. The van der Waals surface area contributed by atoms with Gasteiger partial charge in [0, 0.05) is 41.5 Å². The van der Waals surface area contributed by atoms with E-state index in [1.165, 1.54) is 18.4 Å². The largest absolute Gasteiger partial charge is 0.508 e. The first-order valence-electron chi connectivity index (χ1n) is 9.58. The summed E-state index contributed by atoms with van der Waals surface area (Å²) >= 11 is 0. The number of nitrogens with one attached hydrogen (secondary N) is 1. The lowest BCUT2D eigenvalue weighted by atomic mass is 9.72. The number of phenols is 1. The molecule has 1 saturated heterocycles. The third-order valence-electron chi connectivity index (χ3n) is 6.62. The predicted molar refractivity (Wildman–Crippen MR) is 100 cm³/mol. The van der Waals surface area contributed by atoms with Gasteiger partial charge in [0.05, 0.1) is 31.1 Å². The second-order valence-corrected chi connectivity index (χ2v) is 7.92. The van der Waals surface area contributed by atoms with E-state index in [1.807, 2.05) is 12.1 Å². The minimum atomic E-state index is -0.289. The van der Waals surface area contributed by atoms with E-state index >= 15 is 0 Å². The second-order valence-electron chi connectivity index (χ2n) is 7.92. The normalized spacial score (nSPS) is 29.9. The van der Waals surface area contributed by atoms with E-state index in [9.17, 15) is 9.90 Å². The number of benzene rings is 1. The number of hydrogen-bond acceptors (Lipinski definition) is 5. The van der Waals surface area contributed by atoms with Crippen LogP contribution in [0.4, 0.5) is 0 Å². The van der Waals surface area contributed by atoms with Crippen LogP contribution in [-0.4, -0.2) is 47.3 Å². The third kappa shape index (κ3) is 2.46. The topological polar surface area (TPSA) is 74.8 Å². The van der Waals surface area contributed by atoms with Crippen LogP contribution in [0.3, 0.4) is 0 Å². The van der Waals surface area contributed by atoms with Crippen molar-refractivity contribution in [2.45, 2.75) is 31.9 Å². The van der Waals surface area contributed by atoms with Crippen LogP contribution in [0.15, 0.2) is 30.0 Å². The molecule has 2 unspecified atom stereocenters. The molecule has 3 aliphatic rings. The summed E-state index contributed by atoms with van der Waals surface area (Å²) in [5, 5.41) is 11.0. The molecule has 1 fully saturated rings. The number of rotatable bonds is 1. The molecule has 4 heterocycles. The highest BCUT2D eigenvalue weighted by Gasteiger charge is 2.46. The van der Waals surface area contributed by atoms with Crippen molar-refractivity contribution in [2.24, 2.45) is 11.8 Å². The van der Waals surface area contributed by atoms with Crippen molar-refractivity contribution in [3.8, 4) is 5.75 Å². The molecule has 1 aromatic heterocycles. The number of H-pyrrole nitrogens is 1. The molecule has 6 nitrogen and oxygen atoms in total. The fourth-order valence-electron chi connectivity index (χ4n) is 5.22. The van der Waals surface area contributed by atoms with Crippen LogP contribution in [-0.2, 0) is 20.7 Å². The molecule has 4 atom stereocenters. The fourth-order valence-corrected chi connectivity index (χ4v) is 5.22. The van der Waals surface area contributed by atoms with Crippen LogP contribution in [0, 0.1) is 11.8 Å². The molecular formula is C21H24N2O4. The Morgan fingerprint density at radius 2 is 2.26 bits per heavy atom. The summed E-state index contributed by atoms with van der Waals surface area (Å²) in [6.07, 6.45) is 3.53. The monoisotopic (exact) mass is 368 g/mol. The smallest absolute Gasteiger partial charge is 0.337 e. The average molecular weight is 368 g/mol. The number of hydrogen-bond donors (Lipinski definition) is 2. The van der Waals surface area contributed by atoms with Crippen molar-refractivity contribution in [3.05, 3.63) is 41.3 Å². The number of nitrogens with zero attached hydrogens (tertiary/aromatic N) is 1. The van der Waals surface area contributed by atoms with Crippen LogP contribution in [0.25, 0.3) is 10.9 Å². The van der Waals surface area contributed by atoms with Gasteiger partial charge < -0.3 is 19.6 Å². The van der Waals surface area contributed by atoms with E-state index in [2.05, 4.69) is 16.8 Å². The molecule has 2 N–H and O–H groups in total. The Hall–Kier alpha value is -2.47. The Morgan fingerprint density at radius 3 is 3.07 bits per heavy atom. The van der Waals surface area contributed by atoms with E-state index in [0.29, 0.717) is 11.3 Å². The van der Waals surface area contributed by atoms with Crippen molar-refractivity contribution in [3.63, 3.8) is 0 Å². The van der Waals surface area contributed by atoms with Crippen LogP contribution < -0.4 is 0 Å². The molecule has 0 bridgehead atoms. The number of carbonyl (C=O) groups is 1. The lowest BCUT2D eigenvalue weighted by molar-refractivity contribution is -0.139. The number of fused-ring (bicyclic) bond motifs is 6. The van der Waals surface area contributed by atoms with Gasteiger partial charge in [-0.05, 0) is 43.5 Å². The van der Waals surface area contributed by atoms with Crippen molar-refractivity contribution in [1.82, 2.24) is 9.88 Å². The van der Waals surface area contributed by atoms with Crippen molar-refractivity contribution >= 4 is 16.9 Å². The maximum absolute atomic E-state index is 12.3. The molecule has 0 aliphatic carbocycles. The highest BCUT2D eigenvalue weighted by Crippen LogP contribution is 2.47. The van der Waals surface area contributed by atoms with Crippen molar-refractivity contribution in [1.29, 1.82) is 0 Å². The Balaban J connectivity index is 1.55. The van der Waals surface area contributed by atoms with Gasteiger partial charge in [0.25, 0.3) is 0 Å². The van der Waals surface area contributed by atoms with Crippen LogP contribution in [0.2, 0.25) is 0 Å². The summed E-state index contributed by atoms with van der Waals surface area (Å²) in [5.74, 6) is 0.427. The van der Waals surface area contributed by atoms with Gasteiger partial charge >= 0.3 is 5.97 Å². The molecule has 6 heteroatoms. The summed E-state index contributed by atoms with van der Waals surface area (Å²) in [6, 6.07) is 5.75. The van der Waals surface area contributed by atoms with Gasteiger partial charge in [-0.2, -0.15) is 0 Å². The molecule has 0 saturated carbocycles. The van der Waals surface area contributed by atoms with Gasteiger partial charge in [0.15, 0.2) is 0 Å². The lowest BCUT2D eigenvalue weighted by Gasteiger charge is -2.49. The van der Waals surface area contributed by atoms with Crippen molar-refractivity contribution in [2.75, 3.05) is 20.2 Å². The first-order valence-corrected chi connectivity index (χ1v) is 9.58. The van der Waals surface area contributed by atoms with Crippen molar-refractivity contribution < 1.29 is 19.4 Å². The molecule has 27 heavy (non-hydrogen) atoms. The lowest BCUT2D eigenvalue weighted by Crippen LogP contribution is -2.51. The zero-order valence-corrected chi connectivity index (χ0v) is 15.6. The first-order chi connectivity index (χ1) is 13.1. The molecule has 142 valence electrons. The molecule has 0 amide bonds. The molecular weight excluding hydrogens is 344 g/mol. The highest BCUT2D eigenvalue weighted by molar-refractivity contribution is 5.89. The number of ether oxygens (including phenoxy) is 2. The number of phenolic OH excluding ortho intramolecular Hbond substituents is 1. The maximum Gasteiger partial charge on any atom is 0.337 e. The van der Waals surface area contributed by atoms with Gasteiger partial charge in [-0.1, -0.05) is 0 Å². The second kappa shape index (κ2) is 6.02. The minimum absolute atomic E-state index is 0.0883. The third-order valence-corrected chi connectivity index (χ3v) is 6.62. The maximum atomic E-state index is 12.3. The van der Waals surface area contributed by atoms with Gasteiger partial charge in [0.1, 0.15) is 5.75 Å². The fraction of sp³-hybridized carbons (Fsp3) is 0.476. The summed E-state index contributed by atoms with van der Waals surface area (Å²) in [5.41, 5.74) is 4.24. The van der Waals surface area contributed by atoms with E-state index in [-0.39, 0.29) is 30.0 Å². The van der Waals surface area contributed by atoms with Crippen LogP contribution in [0.1, 0.15) is 30.6 Å². The number of carbonyl (C=O) groups excluding carboxylic acids is 1. The quantitative estimate of drug-likeness (QED) is 0.757. The minimum Gasteiger partial charge on any atom is -0.508 e. The Labute approximate surface area is 157 Å². The first kappa shape index (κ1) is 16.7. The average Bonchev–Trinajstić information content (AvgIpc) is 3.05. The summed E-state index contributed by atoms with van der Waals surface area (Å²) in [7, 11) is 1.42. The van der Waals surface area contributed by atoms with E-state index in [0.717, 1.165) is 36.8 Å². The van der Waals surface area contributed by atoms with Gasteiger partial charge in [-0.25, -0.2) is 4.79 Å². The number of esters is 1. The Kier molecular flexibility index (Phi) is 3.72. The summed E-state index contributed by atoms with van der Waals surface area (Å²) in [4.78, 5) is 18.4. The Morgan fingerprint density at radius 1 is 1.41 bits per heavy atom. The number of aromatic nitrogens is 1. The van der Waals surface area contributed by atoms with E-state index < -0.39 is 0 Å². The Bertz CT molecular complexity index is 947. The number of methoxy groups -OCH3 is 1. The number of aromatic hydroxyl groups is 1.